The van der Waals surface area contributed by atoms with Gasteiger partial charge in [-0.2, -0.15) is 0 Å². The highest BCUT2D eigenvalue weighted by atomic mass is 16.5. The number of carbonyl (C=O) groups excluding carboxylic acids is 1. The van der Waals surface area contributed by atoms with E-state index in [1.54, 1.807) is 6.08 Å². The van der Waals surface area contributed by atoms with Crippen molar-refractivity contribution in [3.05, 3.63) is 35.9 Å². The van der Waals surface area contributed by atoms with Crippen molar-refractivity contribution in [3.8, 4) is 5.75 Å². The summed E-state index contributed by atoms with van der Waals surface area (Å²) in [4.78, 5) is 11.9. The number of unbranched alkanes of at least 4 members (excludes halogenated alkanes) is 16. The number of aliphatic hydroxyl groups is 1. The first-order valence-electron chi connectivity index (χ1n) is 14.4. The number of hydrogen-bond acceptors (Lipinski definition) is 4. The minimum Gasteiger partial charge on any atom is -0.494 e. The number of carbonyl (C=O) groups is 1. The number of esters is 1. The molecule has 0 aliphatic heterocycles. The Kier molecular flexibility index (Phi) is 21.3. The van der Waals surface area contributed by atoms with Crippen molar-refractivity contribution < 1.29 is 19.4 Å². The van der Waals surface area contributed by atoms with Crippen molar-refractivity contribution >= 4 is 12.0 Å². The molecule has 0 bridgehead atoms. The van der Waals surface area contributed by atoms with Gasteiger partial charge in [0.05, 0.1) is 13.2 Å². The smallest absolute Gasteiger partial charge is 0.330 e. The Labute approximate surface area is 215 Å². The minimum absolute atomic E-state index is 0.267. The molecule has 1 N–H and O–H groups in total. The van der Waals surface area contributed by atoms with E-state index in [2.05, 4.69) is 6.92 Å². The zero-order chi connectivity index (χ0) is 25.2. The molecule has 35 heavy (non-hydrogen) atoms. The maximum Gasteiger partial charge on any atom is 0.330 e. The summed E-state index contributed by atoms with van der Waals surface area (Å²) in [6, 6.07) is 7.73. The molecule has 0 saturated heterocycles. The molecule has 0 aliphatic rings. The monoisotopic (exact) mass is 488 g/mol. The molecule has 200 valence electrons. The molecule has 0 radical (unpaired) electrons. The predicted octanol–water partition coefficient (Wildman–Crippen LogP) is 8.66. The van der Waals surface area contributed by atoms with Gasteiger partial charge in [0.15, 0.2) is 0 Å². The molecule has 0 unspecified atom stereocenters. The number of ether oxygens (including phenoxy) is 2. The zero-order valence-corrected chi connectivity index (χ0v) is 22.5. The van der Waals surface area contributed by atoms with Gasteiger partial charge < -0.3 is 14.6 Å². The second-order valence-corrected chi connectivity index (χ2v) is 9.65. The van der Waals surface area contributed by atoms with E-state index >= 15 is 0 Å². The quantitative estimate of drug-likeness (QED) is 0.0898. The van der Waals surface area contributed by atoms with Crippen molar-refractivity contribution in [2.24, 2.45) is 0 Å². The first-order valence-corrected chi connectivity index (χ1v) is 14.4. The predicted molar refractivity (Wildman–Crippen MR) is 148 cm³/mol. The summed E-state index contributed by atoms with van der Waals surface area (Å²) < 4.78 is 11.0. The Morgan fingerprint density at radius 3 is 1.71 bits per heavy atom. The third-order valence-corrected chi connectivity index (χ3v) is 6.36. The van der Waals surface area contributed by atoms with Crippen LogP contribution in [-0.4, -0.2) is 30.9 Å². The van der Waals surface area contributed by atoms with Crippen LogP contribution in [0, 0.1) is 0 Å². The van der Waals surface area contributed by atoms with Crippen LogP contribution in [-0.2, 0) is 9.53 Å². The summed E-state index contributed by atoms with van der Waals surface area (Å²) in [5, 5.41) is 8.77. The summed E-state index contributed by atoms with van der Waals surface area (Å²) in [6.45, 7) is 3.73. The molecule has 1 rings (SSSR count). The van der Waals surface area contributed by atoms with Gasteiger partial charge in [-0.05, 0) is 49.5 Å². The van der Waals surface area contributed by atoms with Gasteiger partial charge in [0.1, 0.15) is 5.75 Å². The average molecular weight is 489 g/mol. The van der Waals surface area contributed by atoms with Crippen molar-refractivity contribution in [2.45, 2.75) is 122 Å². The highest BCUT2D eigenvalue weighted by molar-refractivity contribution is 5.87. The first kappa shape index (κ1) is 31.2. The fourth-order valence-electron chi connectivity index (χ4n) is 4.11. The van der Waals surface area contributed by atoms with E-state index < -0.39 is 0 Å². The Hall–Kier alpha value is -1.81. The maximum atomic E-state index is 11.9. The van der Waals surface area contributed by atoms with E-state index in [-0.39, 0.29) is 12.6 Å². The summed E-state index contributed by atoms with van der Waals surface area (Å²) in [6.07, 6.45) is 25.8. The lowest BCUT2D eigenvalue weighted by atomic mass is 10.0. The number of benzene rings is 1. The van der Waals surface area contributed by atoms with Gasteiger partial charge in [-0.25, -0.2) is 4.79 Å². The third kappa shape index (κ3) is 20.1. The Balaban J connectivity index is 1.95. The number of hydrogen-bond donors (Lipinski definition) is 1. The standard InChI is InChI=1S/C31H52O4/c1-2-3-4-5-6-7-8-9-10-11-12-13-15-19-28-35-31(33)25-22-29-20-23-30(24-21-29)34-27-18-16-14-17-26-32/h20-25,32H,2-19,26-28H2,1H3/b25-22+. The van der Waals surface area contributed by atoms with Crippen molar-refractivity contribution in [1.82, 2.24) is 0 Å². The third-order valence-electron chi connectivity index (χ3n) is 6.36. The van der Waals surface area contributed by atoms with Crippen molar-refractivity contribution in [2.75, 3.05) is 19.8 Å². The lowest BCUT2D eigenvalue weighted by molar-refractivity contribution is -0.137. The molecule has 4 nitrogen and oxygen atoms in total. The van der Waals surface area contributed by atoms with Crippen LogP contribution in [0.5, 0.6) is 5.75 Å². The van der Waals surface area contributed by atoms with Crippen LogP contribution in [0.2, 0.25) is 0 Å². The van der Waals surface area contributed by atoms with E-state index in [9.17, 15) is 4.79 Å². The zero-order valence-electron chi connectivity index (χ0n) is 22.5. The van der Waals surface area contributed by atoms with Gasteiger partial charge in [0.25, 0.3) is 0 Å². The summed E-state index contributed by atoms with van der Waals surface area (Å²) in [5.74, 6) is 0.563. The molecule has 0 spiro atoms. The Bertz CT molecular complexity index is 623. The van der Waals surface area contributed by atoms with Crippen molar-refractivity contribution in [1.29, 1.82) is 0 Å². The second-order valence-electron chi connectivity index (χ2n) is 9.65. The molecule has 0 amide bonds. The van der Waals surface area contributed by atoms with Gasteiger partial charge in [-0.3, -0.25) is 0 Å². The Morgan fingerprint density at radius 2 is 1.17 bits per heavy atom. The summed E-state index contributed by atoms with van der Waals surface area (Å²) in [5.41, 5.74) is 0.953. The minimum atomic E-state index is -0.275. The molecule has 4 heteroatoms. The Morgan fingerprint density at radius 1 is 0.686 bits per heavy atom. The normalized spacial score (nSPS) is 11.3. The van der Waals surface area contributed by atoms with E-state index in [1.165, 1.54) is 83.1 Å². The second kappa shape index (κ2) is 23.9. The van der Waals surface area contributed by atoms with Crippen molar-refractivity contribution in [3.63, 3.8) is 0 Å². The van der Waals surface area contributed by atoms with E-state index in [4.69, 9.17) is 14.6 Å². The fourth-order valence-corrected chi connectivity index (χ4v) is 4.11. The molecule has 1 aromatic rings. The number of rotatable bonds is 24. The van der Waals surface area contributed by atoms with E-state index in [0.717, 1.165) is 49.8 Å². The highest BCUT2D eigenvalue weighted by Crippen LogP contribution is 2.15. The van der Waals surface area contributed by atoms with E-state index in [1.807, 2.05) is 24.3 Å². The molecular formula is C31H52O4. The molecule has 0 atom stereocenters. The topological polar surface area (TPSA) is 55.8 Å². The molecule has 0 heterocycles. The molecule has 1 aromatic carbocycles. The van der Waals surface area contributed by atoms with Gasteiger partial charge in [-0.15, -0.1) is 0 Å². The van der Waals surface area contributed by atoms with Crippen LogP contribution in [0.25, 0.3) is 6.08 Å². The van der Waals surface area contributed by atoms with E-state index in [0.29, 0.717) is 13.2 Å². The molecular weight excluding hydrogens is 436 g/mol. The van der Waals surface area contributed by atoms with Gasteiger partial charge in [-0.1, -0.05) is 109 Å². The van der Waals surface area contributed by atoms with Gasteiger partial charge >= 0.3 is 5.97 Å². The van der Waals surface area contributed by atoms with Crippen LogP contribution in [0.4, 0.5) is 0 Å². The lowest BCUT2D eigenvalue weighted by Crippen LogP contribution is -2.02. The molecule has 0 aromatic heterocycles. The summed E-state index contributed by atoms with van der Waals surface area (Å²) in [7, 11) is 0. The fraction of sp³-hybridized carbons (Fsp3) is 0.710. The lowest BCUT2D eigenvalue weighted by Gasteiger charge is -2.06. The molecule has 0 fully saturated rings. The average Bonchev–Trinajstić information content (AvgIpc) is 2.88. The highest BCUT2D eigenvalue weighted by Gasteiger charge is 1.99. The first-order chi connectivity index (χ1) is 17.3. The number of aliphatic hydroxyl groups excluding tert-OH is 1. The van der Waals surface area contributed by atoms with Crippen LogP contribution in [0.1, 0.15) is 128 Å². The van der Waals surface area contributed by atoms with Crippen LogP contribution in [0.3, 0.4) is 0 Å². The molecule has 0 saturated carbocycles. The van der Waals surface area contributed by atoms with Crippen LogP contribution < -0.4 is 4.74 Å². The van der Waals surface area contributed by atoms with Crippen LogP contribution >= 0.6 is 0 Å². The molecule has 0 aliphatic carbocycles. The summed E-state index contributed by atoms with van der Waals surface area (Å²) >= 11 is 0. The maximum absolute atomic E-state index is 11.9. The van der Waals surface area contributed by atoms with Gasteiger partial charge in [0, 0.05) is 12.7 Å². The van der Waals surface area contributed by atoms with Gasteiger partial charge in [0.2, 0.25) is 0 Å². The SMILES string of the molecule is CCCCCCCCCCCCCCCCOC(=O)/C=C/c1ccc(OCCCCCCO)cc1. The van der Waals surface area contributed by atoms with Crippen LogP contribution in [0.15, 0.2) is 30.3 Å². The largest absolute Gasteiger partial charge is 0.494 e.